The summed E-state index contributed by atoms with van der Waals surface area (Å²) in [5, 5.41) is 2.16. The Morgan fingerprint density at radius 2 is 2.44 bits per heavy atom. The molecule has 0 bridgehead atoms. The molecule has 2 nitrogen and oxygen atoms in total. The minimum atomic E-state index is 0.212. The predicted octanol–water partition coefficient (Wildman–Crippen LogP) is 2.72. The van der Waals surface area contributed by atoms with Crippen LogP contribution in [0.5, 0.6) is 0 Å². The normalized spacial score (nSPS) is 18.1. The summed E-state index contributed by atoms with van der Waals surface area (Å²) in [6.45, 7) is 6.74. The maximum Gasteiger partial charge on any atom is 0.149 e. The Morgan fingerprint density at radius 3 is 3.19 bits per heavy atom. The van der Waals surface area contributed by atoms with Gasteiger partial charge in [-0.1, -0.05) is 13.8 Å². The van der Waals surface area contributed by atoms with Gasteiger partial charge in [-0.2, -0.15) is 0 Å². The van der Waals surface area contributed by atoms with E-state index >= 15 is 0 Å². The quantitative estimate of drug-likeness (QED) is 0.802. The van der Waals surface area contributed by atoms with Crippen LogP contribution in [0.1, 0.15) is 30.7 Å². The molecule has 0 radical (unpaired) electrons. The third kappa shape index (κ3) is 2.53. The number of fused-ring (bicyclic) bond motifs is 1. The van der Waals surface area contributed by atoms with Crippen LogP contribution in [-0.4, -0.2) is 23.8 Å². The van der Waals surface area contributed by atoms with Gasteiger partial charge in [0.25, 0.3) is 0 Å². The molecule has 3 heteroatoms. The van der Waals surface area contributed by atoms with Crippen LogP contribution < -0.4 is 0 Å². The third-order valence-corrected chi connectivity index (χ3v) is 4.45. The Bertz CT molecular complexity index is 372. The van der Waals surface area contributed by atoms with Gasteiger partial charge in [-0.15, -0.1) is 11.3 Å². The molecule has 1 aromatic heterocycles. The van der Waals surface area contributed by atoms with E-state index in [2.05, 4.69) is 23.3 Å². The van der Waals surface area contributed by atoms with E-state index in [0.717, 1.165) is 25.9 Å². The number of ketones is 1. The average Bonchev–Trinajstić information content (AvgIpc) is 2.75. The van der Waals surface area contributed by atoms with Crippen LogP contribution in [0, 0.1) is 5.92 Å². The van der Waals surface area contributed by atoms with Crippen molar-refractivity contribution in [3.8, 4) is 0 Å². The summed E-state index contributed by atoms with van der Waals surface area (Å²) in [5.41, 5.74) is 1.42. The highest BCUT2D eigenvalue weighted by atomic mass is 32.1. The number of thiophene rings is 1. The zero-order valence-corrected chi connectivity index (χ0v) is 10.8. The summed E-state index contributed by atoms with van der Waals surface area (Å²) in [7, 11) is 0. The molecule has 0 amide bonds. The maximum atomic E-state index is 11.9. The van der Waals surface area contributed by atoms with Crippen LogP contribution in [0.3, 0.4) is 0 Å². The molecule has 0 saturated carbocycles. The Labute approximate surface area is 101 Å². The summed E-state index contributed by atoms with van der Waals surface area (Å²) in [6.07, 6.45) is 2.07. The summed E-state index contributed by atoms with van der Waals surface area (Å²) >= 11 is 1.85. The van der Waals surface area contributed by atoms with Crippen molar-refractivity contribution in [1.82, 2.24) is 4.90 Å². The van der Waals surface area contributed by atoms with E-state index in [-0.39, 0.29) is 5.92 Å². The van der Waals surface area contributed by atoms with Gasteiger partial charge in [0, 0.05) is 23.9 Å². The van der Waals surface area contributed by atoms with Gasteiger partial charge in [0.15, 0.2) is 0 Å². The van der Waals surface area contributed by atoms with Crippen LogP contribution in [0.2, 0.25) is 0 Å². The molecule has 0 spiro atoms. The van der Waals surface area contributed by atoms with Crippen molar-refractivity contribution in [3.05, 3.63) is 21.9 Å². The molecule has 1 atom stereocenters. The van der Waals surface area contributed by atoms with Crippen LogP contribution in [0.25, 0.3) is 0 Å². The number of hydrogen-bond acceptors (Lipinski definition) is 3. The Hall–Kier alpha value is -0.670. The molecular weight excluding hydrogens is 218 g/mol. The fourth-order valence-electron chi connectivity index (χ4n) is 2.05. The zero-order valence-electron chi connectivity index (χ0n) is 10.0. The first-order chi connectivity index (χ1) is 7.70. The summed E-state index contributed by atoms with van der Waals surface area (Å²) in [6, 6.07) is 2.19. The number of carbonyl (C=O) groups excluding carboxylic acids is 1. The smallest absolute Gasteiger partial charge is 0.149 e. The second-order valence-electron chi connectivity index (χ2n) is 4.61. The lowest BCUT2D eigenvalue weighted by Gasteiger charge is -2.26. The topological polar surface area (TPSA) is 20.3 Å². The van der Waals surface area contributed by atoms with Crippen molar-refractivity contribution in [1.29, 1.82) is 0 Å². The van der Waals surface area contributed by atoms with Gasteiger partial charge in [0.2, 0.25) is 0 Å². The number of rotatable bonds is 4. The number of Topliss-reactive ketones (excluding diaryl/α,β-unsaturated/α-hetero) is 1. The van der Waals surface area contributed by atoms with Crippen LogP contribution in [0.15, 0.2) is 11.4 Å². The van der Waals surface area contributed by atoms with Crippen molar-refractivity contribution < 1.29 is 4.79 Å². The summed E-state index contributed by atoms with van der Waals surface area (Å²) < 4.78 is 0. The van der Waals surface area contributed by atoms with Crippen molar-refractivity contribution in [2.45, 2.75) is 33.2 Å². The molecule has 2 heterocycles. The standard InChI is InChI=1S/C13H19NOS/c1-3-10(2)12(15)9-14-6-4-13-11(8-14)5-7-16-13/h5,7,10H,3-4,6,8-9H2,1-2H3. The van der Waals surface area contributed by atoms with E-state index in [1.807, 2.05) is 18.3 Å². The second kappa shape index (κ2) is 5.11. The maximum absolute atomic E-state index is 11.9. The van der Waals surface area contributed by atoms with E-state index in [1.54, 1.807) is 0 Å². The fourth-order valence-corrected chi connectivity index (χ4v) is 2.94. The molecule has 1 aliphatic rings. The van der Waals surface area contributed by atoms with Crippen LogP contribution in [-0.2, 0) is 17.8 Å². The van der Waals surface area contributed by atoms with Crippen molar-refractivity contribution in [2.24, 2.45) is 5.92 Å². The highest BCUT2D eigenvalue weighted by Crippen LogP contribution is 2.24. The molecule has 1 aromatic rings. The molecule has 0 aliphatic carbocycles. The van der Waals surface area contributed by atoms with Crippen molar-refractivity contribution in [3.63, 3.8) is 0 Å². The molecule has 1 unspecified atom stereocenters. The monoisotopic (exact) mass is 237 g/mol. The highest BCUT2D eigenvalue weighted by Gasteiger charge is 2.20. The molecule has 0 aromatic carbocycles. The number of carbonyl (C=O) groups is 1. The van der Waals surface area contributed by atoms with E-state index < -0.39 is 0 Å². The van der Waals surface area contributed by atoms with Gasteiger partial charge >= 0.3 is 0 Å². The lowest BCUT2D eigenvalue weighted by atomic mass is 10.0. The first-order valence-corrected chi connectivity index (χ1v) is 6.89. The highest BCUT2D eigenvalue weighted by molar-refractivity contribution is 7.10. The third-order valence-electron chi connectivity index (χ3n) is 3.43. The molecule has 0 saturated heterocycles. The Balaban J connectivity index is 1.92. The fraction of sp³-hybridized carbons (Fsp3) is 0.615. The first kappa shape index (κ1) is 11.8. The van der Waals surface area contributed by atoms with E-state index in [1.165, 1.54) is 10.4 Å². The Kier molecular flexibility index (Phi) is 3.77. The first-order valence-electron chi connectivity index (χ1n) is 6.01. The largest absolute Gasteiger partial charge is 0.298 e. The minimum absolute atomic E-state index is 0.212. The average molecular weight is 237 g/mol. The summed E-state index contributed by atoms with van der Waals surface area (Å²) in [4.78, 5) is 15.6. The van der Waals surface area contributed by atoms with Gasteiger partial charge in [0.1, 0.15) is 5.78 Å². The van der Waals surface area contributed by atoms with Gasteiger partial charge in [-0.3, -0.25) is 9.69 Å². The van der Waals surface area contributed by atoms with Crippen LogP contribution in [0.4, 0.5) is 0 Å². The molecule has 0 fully saturated rings. The molecule has 0 N–H and O–H groups in total. The Morgan fingerprint density at radius 1 is 1.62 bits per heavy atom. The zero-order chi connectivity index (χ0) is 11.5. The number of hydrogen-bond donors (Lipinski definition) is 0. The van der Waals surface area contributed by atoms with Gasteiger partial charge < -0.3 is 0 Å². The molecule has 2 rings (SSSR count). The lowest BCUT2D eigenvalue weighted by Crippen LogP contribution is -2.36. The van der Waals surface area contributed by atoms with Crippen molar-refractivity contribution >= 4 is 17.1 Å². The van der Waals surface area contributed by atoms with Gasteiger partial charge in [-0.05, 0) is 29.9 Å². The predicted molar refractivity (Wildman–Crippen MR) is 67.8 cm³/mol. The number of nitrogens with zero attached hydrogens (tertiary/aromatic N) is 1. The van der Waals surface area contributed by atoms with E-state index in [4.69, 9.17) is 0 Å². The van der Waals surface area contributed by atoms with Gasteiger partial charge in [-0.25, -0.2) is 0 Å². The van der Waals surface area contributed by atoms with Gasteiger partial charge in [0.05, 0.1) is 6.54 Å². The summed E-state index contributed by atoms with van der Waals surface area (Å²) in [5.74, 6) is 0.602. The SMILES string of the molecule is CCC(C)C(=O)CN1CCc2sccc2C1. The molecule has 88 valence electrons. The molecule has 16 heavy (non-hydrogen) atoms. The lowest BCUT2D eigenvalue weighted by molar-refractivity contribution is -0.123. The molecular formula is C13H19NOS. The second-order valence-corrected chi connectivity index (χ2v) is 5.61. The van der Waals surface area contributed by atoms with E-state index in [0.29, 0.717) is 12.3 Å². The van der Waals surface area contributed by atoms with Crippen LogP contribution >= 0.6 is 11.3 Å². The van der Waals surface area contributed by atoms with Crippen molar-refractivity contribution in [2.75, 3.05) is 13.1 Å². The molecule has 1 aliphatic heterocycles. The minimum Gasteiger partial charge on any atom is -0.298 e. The van der Waals surface area contributed by atoms with E-state index in [9.17, 15) is 4.79 Å².